The smallest absolute Gasteiger partial charge is 0.162 e. The van der Waals surface area contributed by atoms with Crippen molar-refractivity contribution in [3.05, 3.63) is 6.92 Å². The highest BCUT2D eigenvalue weighted by molar-refractivity contribution is 5.83. The van der Waals surface area contributed by atoms with Crippen molar-refractivity contribution < 1.29 is 9.90 Å². The second-order valence-corrected chi connectivity index (χ2v) is 0.624. The molecule has 0 atom stereocenters. The Bertz CT molecular complexity index is 40.2. The van der Waals surface area contributed by atoms with E-state index in [0.29, 0.717) is 0 Å². The van der Waals surface area contributed by atoms with Crippen molar-refractivity contribution in [1.29, 1.82) is 0 Å². The third-order valence-corrected chi connectivity index (χ3v) is 0.156. The van der Waals surface area contributed by atoms with Crippen LogP contribution in [-0.4, -0.2) is 17.5 Å². The van der Waals surface area contributed by atoms with Crippen LogP contribution in [0.15, 0.2) is 0 Å². The first kappa shape index (κ1) is 4.63. The number of ketones is 1. The molecule has 0 bridgehead atoms. The average Bonchev–Trinajstić information content (AvgIpc) is 1.38. The number of carbonyl (C=O) groups is 1. The molecule has 0 aromatic rings. The maximum Gasteiger partial charge on any atom is 0.162 e. The fourth-order valence-electron chi connectivity index (χ4n) is 0. The molecule has 5 heavy (non-hydrogen) atoms. The van der Waals surface area contributed by atoms with Gasteiger partial charge in [-0.2, -0.15) is 0 Å². The van der Waals surface area contributed by atoms with Gasteiger partial charge in [-0.05, 0) is 0 Å². The molecule has 0 spiro atoms. The number of rotatable bonds is 1. The van der Waals surface area contributed by atoms with Crippen molar-refractivity contribution in [3.8, 4) is 0 Å². The molecule has 0 unspecified atom stereocenters. The lowest BCUT2D eigenvalue weighted by Crippen LogP contribution is -1.94. The Balaban J connectivity index is 2.85. The van der Waals surface area contributed by atoms with Gasteiger partial charge in [0.25, 0.3) is 0 Å². The monoisotopic (exact) mass is 72.0 g/mol. The SMILES string of the molecule is [CH]C(=O)CO. The summed E-state index contributed by atoms with van der Waals surface area (Å²) in [4.78, 5) is 9.34. The van der Waals surface area contributed by atoms with Crippen LogP contribution in [-0.2, 0) is 4.79 Å². The normalized spacial score (nSPS) is 7.60. The molecule has 0 fully saturated rings. The molecule has 0 saturated heterocycles. The average molecular weight is 72.1 g/mol. The molecule has 28 valence electrons. The molecular formula is C3H4O2. The fraction of sp³-hybridized carbons (Fsp3) is 0.333. The highest BCUT2D eigenvalue weighted by atomic mass is 16.3. The lowest BCUT2D eigenvalue weighted by molar-refractivity contribution is -0.117. The van der Waals surface area contributed by atoms with Gasteiger partial charge in [0.15, 0.2) is 5.78 Å². The fourth-order valence-corrected chi connectivity index (χ4v) is 0. The van der Waals surface area contributed by atoms with Gasteiger partial charge < -0.3 is 5.11 Å². The Morgan fingerprint density at radius 2 is 2.20 bits per heavy atom. The minimum Gasteiger partial charge on any atom is -0.389 e. The van der Waals surface area contributed by atoms with Gasteiger partial charge in [-0.3, -0.25) is 4.79 Å². The van der Waals surface area contributed by atoms with Crippen molar-refractivity contribution in [3.63, 3.8) is 0 Å². The van der Waals surface area contributed by atoms with Crippen LogP contribution in [0.5, 0.6) is 0 Å². The molecule has 0 aromatic carbocycles. The van der Waals surface area contributed by atoms with Crippen LogP contribution in [0.4, 0.5) is 0 Å². The predicted octanol–water partition coefficient (Wildman–Crippen LogP) is -0.741. The second kappa shape index (κ2) is 1.91. The Morgan fingerprint density at radius 1 is 2.00 bits per heavy atom. The molecule has 0 heterocycles. The number of carbonyl (C=O) groups excluding carboxylic acids is 1. The van der Waals surface area contributed by atoms with E-state index in [1.54, 1.807) is 0 Å². The van der Waals surface area contributed by atoms with E-state index in [0.717, 1.165) is 0 Å². The molecule has 0 saturated carbocycles. The van der Waals surface area contributed by atoms with Gasteiger partial charge in [-0.25, -0.2) is 0 Å². The number of Topliss-reactive ketones (excluding diaryl/α,β-unsaturated/α-hetero) is 1. The summed E-state index contributed by atoms with van der Waals surface area (Å²) < 4.78 is 0. The van der Waals surface area contributed by atoms with E-state index < -0.39 is 12.4 Å². The summed E-state index contributed by atoms with van der Waals surface area (Å²) in [6.07, 6.45) is 0. The van der Waals surface area contributed by atoms with Gasteiger partial charge in [0.2, 0.25) is 0 Å². The van der Waals surface area contributed by atoms with Crippen LogP contribution in [0.25, 0.3) is 0 Å². The molecule has 2 radical (unpaired) electrons. The molecule has 1 N–H and O–H groups in total. The van der Waals surface area contributed by atoms with Gasteiger partial charge in [0, 0.05) is 6.92 Å². The standard InChI is InChI=1S/C3H4O2/c1-3(5)2-4/h1,4H,2H2. The van der Waals surface area contributed by atoms with Crippen molar-refractivity contribution in [2.45, 2.75) is 0 Å². The van der Waals surface area contributed by atoms with E-state index in [2.05, 4.69) is 6.92 Å². The molecule has 2 heteroatoms. The first-order valence-corrected chi connectivity index (χ1v) is 1.16. The van der Waals surface area contributed by atoms with E-state index in [-0.39, 0.29) is 0 Å². The Hall–Kier alpha value is -0.370. The molecule has 0 aliphatic rings. The minimum absolute atomic E-state index is 0.556. The molecule has 0 rings (SSSR count). The zero-order chi connectivity index (χ0) is 4.28. The molecule has 0 aliphatic carbocycles. The summed E-state index contributed by atoms with van der Waals surface area (Å²) in [6.45, 7) is 3.85. The first-order chi connectivity index (χ1) is 2.27. The van der Waals surface area contributed by atoms with E-state index in [1.165, 1.54) is 0 Å². The summed E-state index contributed by atoms with van der Waals surface area (Å²) in [5.41, 5.74) is 0. The number of aliphatic hydroxyl groups is 1. The van der Waals surface area contributed by atoms with Gasteiger partial charge in [0.05, 0.1) is 0 Å². The van der Waals surface area contributed by atoms with E-state index >= 15 is 0 Å². The summed E-state index contributed by atoms with van der Waals surface area (Å²) in [5.74, 6) is -0.690. The van der Waals surface area contributed by atoms with Gasteiger partial charge in [0.1, 0.15) is 6.61 Å². The largest absolute Gasteiger partial charge is 0.389 e. The minimum atomic E-state index is -0.690. The Labute approximate surface area is 30.4 Å². The van der Waals surface area contributed by atoms with Crippen LogP contribution < -0.4 is 0 Å². The quantitative estimate of drug-likeness (QED) is 0.443. The van der Waals surface area contributed by atoms with Gasteiger partial charge >= 0.3 is 0 Å². The van der Waals surface area contributed by atoms with Crippen molar-refractivity contribution in [2.24, 2.45) is 0 Å². The Kier molecular flexibility index (Phi) is 1.76. The van der Waals surface area contributed by atoms with E-state index in [9.17, 15) is 4.79 Å². The summed E-state index contributed by atoms with van der Waals surface area (Å²) >= 11 is 0. The molecule has 2 nitrogen and oxygen atoms in total. The second-order valence-electron chi connectivity index (χ2n) is 0.624. The maximum atomic E-state index is 9.34. The van der Waals surface area contributed by atoms with Crippen LogP contribution in [0.2, 0.25) is 0 Å². The van der Waals surface area contributed by atoms with Crippen LogP contribution >= 0.6 is 0 Å². The zero-order valence-corrected chi connectivity index (χ0v) is 2.64. The number of hydrogen-bond acceptors (Lipinski definition) is 2. The van der Waals surface area contributed by atoms with Crippen LogP contribution in [0.3, 0.4) is 0 Å². The number of aliphatic hydroxyl groups excluding tert-OH is 1. The van der Waals surface area contributed by atoms with Crippen LogP contribution in [0, 0.1) is 6.92 Å². The molecule has 0 amide bonds. The molecule has 0 aliphatic heterocycles. The zero-order valence-electron chi connectivity index (χ0n) is 2.64. The summed E-state index contributed by atoms with van der Waals surface area (Å²) in [5, 5.41) is 7.67. The maximum absolute atomic E-state index is 9.34. The van der Waals surface area contributed by atoms with E-state index in [1.807, 2.05) is 0 Å². The summed E-state index contributed by atoms with van der Waals surface area (Å²) in [7, 11) is 0. The van der Waals surface area contributed by atoms with E-state index in [4.69, 9.17) is 5.11 Å². The van der Waals surface area contributed by atoms with Gasteiger partial charge in [-0.15, -0.1) is 0 Å². The van der Waals surface area contributed by atoms with Gasteiger partial charge in [-0.1, -0.05) is 0 Å². The third kappa shape index (κ3) is 3.63. The topological polar surface area (TPSA) is 37.3 Å². The lowest BCUT2D eigenvalue weighted by Gasteiger charge is -1.71. The van der Waals surface area contributed by atoms with Crippen molar-refractivity contribution in [1.82, 2.24) is 0 Å². The third-order valence-electron chi connectivity index (χ3n) is 0.156. The summed E-state index contributed by atoms with van der Waals surface area (Å²) in [6, 6.07) is 0. The highest BCUT2D eigenvalue weighted by Gasteiger charge is 1.79. The first-order valence-electron chi connectivity index (χ1n) is 1.16. The highest BCUT2D eigenvalue weighted by Crippen LogP contribution is 1.54. The number of hydrogen-bond donors (Lipinski definition) is 1. The molecular weight excluding hydrogens is 68.0 g/mol. The lowest BCUT2D eigenvalue weighted by atomic mass is 10.5. The Morgan fingerprint density at radius 3 is 2.20 bits per heavy atom. The van der Waals surface area contributed by atoms with Crippen molar-refractivity contribution >= 4 is 5.78 Å². The molecule has 0 aromatic heterocycles. The van der Waals surface area contributed by atoms with Crippen molar-refractivity contribution in [2.75, 3.05) is 6.61 Å². The van der Waals surface area contributed by atoms with Crippen LogP contribution in [0.1, 0.15) is 0 Å². The predicted molar refractivity (Wildman–Crippen MR) is 16.4 cm³/mol.